The fourth-order valence-electron chi connectivity index (χ4n) is 3.16. The van der Waals surface area contributed by atoms with Crippen LogP contribution >= 0.6 is 0 Å². The molecule has 2 rings (SSSR count). The van der Waals surface area contributed by atoms with E-state index in [2.05, 4.69) is 0 Å². The number of benzene rings is 2. The monoisotopic (exact) mass is 418 g/mol. The van der Waals surface area contributed by atoms with Crippen molar-refractivity contribution in [2.45, 2.75) is 39.2 Å². The Labute approximate surface area is 173 Å². The van der Waals surface area contributed by atoms with Gasteiger partial charge >= 0.3 is 14.5 Å². The Balaban J connectivity index is 1.83. The molecule has 0 heterocycles. The van der Waals surface area contributed by atoms with Gasteiger partial charge in [0.05, 0.1) is 12.2 Å². The van der Waals surface area contributed by atoms with E-state index in [0.717, 1.165) is 30.5 Å². The molecule has 2 N–H and O–H groups in total. The summed E-state index contributed by atoms with van der Waals surface area (Å²) >= 11 is 0. The van der Waals surface area contributed by atoms with Crippen LogP contribution in [0, 0.1) is 0 Å². The molecule has 0 unspecified atom stereocenters. The fraction of sp³-hybridized carbons (Fsp3) is 0.409. The largest absolute Gasteiger partial charge is 0.508 e. The van der Waals surface area contributed by atoms with Crippen molar-refractivity contribution in [3.63, 3.8) is 0 Å². The highest BCUT2D eigenvalue weighted by atomic mass is 28.4. The van der Waals surface area contributed by atoms with Crippen LogP contribution in [-0.2, 0) is 13.6 Å². The Morgan fingerprint density at radius 1 is 0.828 bits per heavy atom. The summed E-state index contributed by atoms with van der Waals surface area (Å²) in [7, 11) is -2.58. The number of carbonyl (C=O) groups excluding carboxylic acids is 1. The van der Waals surface area contributed by atoms with Crippen molar-refractivity contribution in [3.8, 4) is 11.5 Å². The van der Waals surface area contributed by atoms with Gasteiger partial charge in [-0.3, -0.25) is 0 Å². The number of aromatic hydroxyl groups is 2. The van der Waals surface area contributed by atoms with Crippen LogP contribution in [0.25, 0.3) is 0 Å². The maximum Gasteiger partial charge on any atom is 0.372 e. The SMILES string of the molecule is CCO[Si](CCCCCOC(=O)c1ccc(O)cc1)(OCC)c1ccc(O)cc1. The number of carbonyl (C=O) groups is 1. The summed E-state index contributed by atoms with van der Waals surface area (Å²) in [4.78, 5) is 12.0. The van der Waals surface area contributed by atoms with Gasteiger partial charge in [0.15, 0.2) is 0 Å². The third kappa shape index (κ3) is 6.88. The molecule has 0 aliphatic heterocycles. The molecule has 0 saturated heterocycles. The molecular weight excluding hydrogens is 388 g/mol. The third-order valence-corrected chi connectivity index (χ3v) is 8.28. The smallest absolute Gasteiger partial charge is 0.372 e. The molecule has 29 heavy (non-hydrogen) atoms. The number of phenolic OH excluding ortho intramolecular Hbond substituents is 2. The van der Waals surface area contributed by atoms with Gasteiger partial charge in [0.1, 0.15) is 11.5 Å². The molecule has 0 saturated carbocycles. The van der Waals surface area contributed by atoms with Crippen LogP contribution in [-0.4, -0.2) is 44.6 Å². The lowest BCUT2D eigenvalue weighted by atomic mass is 10.2. The second-order valence-electron chi connectivity index (χ2n) is 6.66. The van der Waals surface area contributed by atoms with Gasteiger partial charge in [0, 0.05) is 13.2 Å². The van der Waals surface area contributed by atoms with Crippen LogP contribution in [0.15, 0.2) is 48.5 Å². The molecule has 6 nitrogen and oxygen atoms in total. The fourth-order valence-corrected chi connectivity index (χ4v) is 6.48. The lowest BCUT2D eigenvalue weighted by molar-refractivity contribution is 0.0497. The first kappa shape index (κ1) is 22.9. The lowest BCUT2D eigenvalue weighted by Crippen LogP contribution is -2.53. The van der Waals surface area contributed by atoms with Gasteiger partial charge in [-0.25, -0.2) is 4.79 Å². The second-order valence-corrected chi connectivity index (χ2v) is 9.82. The van der Waals surface area contributed by atoms with Gasteiger partial charge in [0.25, 0.3) is 0 Å². The number of phenols is 2. The van der Waals surface area contributed by atoms with E-state index in [1.54, 1.807) is 24.3 Å². The van der Waals surface area contributed by atoms with Crippen LogP contribution in [0.1, 0.15) is 43.5 Å². The number of hydrogen-bond acceptors (Lipinski definition) is 6. The molecule has 0 atom stereocenters. The Morgan fingerprint density at radius 3 is 1.93 bits per heavy atom. The minimum Gasteiger partial charge on any atom is -0.508 e. The molecule has 0 amide bonds. The van der Waals surface area contributed by atoms with Gasteiger partial charge in [-0.05, 0) is 67.9 Å². The first-order valence-corrected chi connectivity index (χ1v) is 12.1. The molecule has 2 aromatic carbocycles. The van der Waals surface area contributed by atoms with Crippen LogP contribution < -0.4 is 5.19 Å². The van der Waals surface area contributed by atoms with E-state index in [-0.39, 0.29) is 17.5 Å². The molecule has 158 valence electrons. The number of hydrogen-bond donors (Lipinski definition) is 2. The van der Waals surface area contributed by atoms with E-state index in [0.29, 0.717) is 25.4 Å². The highest BCUT2D eigenvalue weighted by Crippen LogP contribution is 2.20. The summed E-state index contributed by atoms with van der Waals surface area (Å²) in [5, 5.41) is 19.9. The van der Waals surface area contributed by atoms with E-state index in [9.17, 15) is 15.0 Å². The van der Waals surface area contributed by atoms with Crippen molar-refractivity contribution >= 4 is 19.7 Å². The first-order chi connectivity index (χ1) is 14.0. The predicted octanol–water partition coefficient (Wildman–Crippen LogP) is 3.85. The minimum absolute atomic E-state index is 0.117. The van der Waals surface area contributed by atoms with Crippen molar-refractivity contribution in [1.29, 1.82) is 0 Å². The Hall–Kier alpha value is -2.35. The summed E-state index contributed by atoms with van der Waals surface area (Å²) in [6, 6.07) is 13.9. The van der Waals surface area contributed by atoms with E-state index in [1.807, 2.05) is 26.0 Å². The molecule has 0 aliphatic carbocycles. The summed E-state index contributed by atoms with van der Waals surface area (Å²) < 4.78 is 17.6. The normalized spacial score (nSPS) is 11.4. The summed E-state index contributed by atoms with van der Waals surface area (Å²) in [5.41, 5.74) is 0.425. The highest BCUT2D eigenvalue weighted by molar-refractivity contribution is 6.81. The first-order valence-electron chi connectivity index (χ1n) is 10.0. The van der Waals surface area contributed by atoms with Gasteiger partial charge in [0.2, 0.25) is 0 Å². The molecule has 0 spiro atoms. The zero-order valence-corrected chi connectivity index (χ0v) is 18.1. The quantitative estimate of drug-likeness (QED) is 0.309. The van der Waals surface area contributed by atoms with Gasteiger partial charge in [-0.2, -0.15) is 0 Å². The Kier molecular flexibility index (Phi) is 9.17. The Morgan fingerprint density at radius 2 is 1.38 bits per heavy atom. The van der Waals surface area contributed by atoms with Crippen LogP contribution in [0.5, 0.6) is 11.5 Å². The van der Waals surface area contributed by atoms with Gasteiger partial charge in [-0.15, -0.1) is 0 Å². The van der Waals surface area contributed by atoms with Crippen molar-refractivity contribution < 1.29 is 28.6 Å². The summed E-state index contributed by atoms with van der Waals surface area (Å²) in [6.45, 7) is 5.40. The molecule has 0 radical (unpaired) electrons. The zero-order chi connectivity index (χ0) is 21.1. The van der Waals surface area contributed by atoms with Crippen molar-refractivity contribution in [2.75, 3.05) is 19.8 Å². The van der Waals surface area contributed by atoms with Crippen LogP contribution in [0.3, 0.4) is 0 Å². The topological polar surface area (TPSA) is 85.2 Å². The predicted molar refractivity (Wildman–Crippen MR) is 114 cm³/mol. The molecule has 0 aliphatic rings. The van der Waals surface area contributed by atoms with Crippen LogP contribution in [0.4, 0.5) is 0 Å². The summed E-state index contributed by atoms with van der Waals surface area (Å²) in [5.74, 6) is -0.0482. The zero-order valence-electron chi connectivity index (χ0n) is 17.1. The van der Waals surface area contributed by atoms with Crippen LogP contribution in [0.2, 0.25) is 6.04 Å². The highest BCUT2D eigenvalue weighted by Gasteiger charge is 2.39. The van der Waals surface area contributed by atoms with Gasteiger partial charge < -0.3 is 23.8 Å². The van der Waals surface area contributed by atoms with E-state index < -0.39 is 8.56 Å². The lowest BCUT2D eigenvalue weighted by Gasteiger charge is -2.30. The molecule has 0 bridgehead atoms. The maximum atomic E-state index is 12.0. The van der Waals surface area contributed by atoms with E-state index >= 15 is 0 Å². The average Bonchev–Trinajstić information content (AvgIpc) is 2.71. The van der Waals surface area contributed by atoms with Crippen molar-refractivity contribution in [2.24, 2.45) is 0 Å². The molecule has 2 aromatic rings. The summed E-state index contributed by atoms with van der Waals surface area (Å²) in [6.07, 6.45) is 2.53. The molecule has 0 fully saturated rings. The number of esters is 1. The molecule has 7 heteroatoms. The van der Waals surface area contributed by atoms with Gasteiger partial charge in [-0.1, -0.05) is 25.0 Å². The molecule has 0 aromatic heterocycles. The standard InChI is InChI=1S/C22H30O6Si/c1-3-27-29(28-4-2,21-14-12-20(24)13-15-21)17-7-5-6-16-26-22(25)18-8-10-19(23)11-9-18/h8-15,23-24H,3-7,16-17H2,1-2H3. The van der Waals surface area contributed by atoms with E-state index in [4.69, 9.17) is 13.6 Å². The molecular formula is C22H30O6Si. The third-order valence-electron chi connectivity index (χ3n) is 4.55. The Bertz CT molecular complexity index is 739. The number of ether oxygens (including phenoxy) is 1. The van der Waals surface area contributed by atoms with Crippen molar-refractivity contribution in [3.05, 3.63) is 54.1 Å². The second kappa shape index (κ2) is 11.6. The maximum absolute atomic E-state index is 12.0. The number of unbranched alkanes of at least 4 members (excludes halogenated alkanes) is 2. The van der Waals surface area contributed by atoms with Crippen molar-refractivity contribution in [1.82, 2.24) is 0 Å². The average molecular weight is 419 g/mol. The van der Waals surface area contributed by atoms with E-state index in [1.165, 1.54) is 12.1 Å². The minimum atomic E-state index is -2.58. The number of rotatable bonds is 12.